The highest BCUT2D eigenvalue weighted by Gasteiger charge is 2.55. The van der Waals surface area contributed by atoms with Crippen molar-refractivity contribution in [3.05, 3.63) is 0 Å². The molecule has 0 radical (unpaired) electrons. The van der Waals surface area contributed by atoms with Crippen molar-refractivity contribution in [1.82, 2.24) is 10.6 Å². The molecule has 8 heteroatoms. The van der Waals surface area contributed by atoms with E-state index in [4.69, 9.17) is 23.7 Å². The smallest absolute Gasteiger partial charge is 0.216 e. The average molecular weight is 262 g/mol. The monoisotopic (exact) mass is 262 g/mol. The second kappa shape index (κ2) is 4.99. The minimum Gasteiger partial charge on any atom is -0.366 e. The van der Waals surface area contributed by atoms with Crippen molar-refractivity contribution in [2.45, 2.75) is 43.5 Å². The number of aliphatic hydroxyl groups is 1. The van der Waals surface area contributed by atoms with Gasteiger partial charge in [-0.3, -0.25) is 10.6 Å². The summed E-state index contributed by atoms with van der Waals surface area (Å²) in [6, 6.07) is 0. The average Bonchev–Trinajstić information content (AvgIpc) is 2.83. The van der Waals surface area contributed by atoms with Crippen LogP contribution in [0.15, 0.2) is 0 Å². The van der Waals surface area contributed by atoms with Crippen molar-refractivity contribution < 1.29 is 28.8 Å². The van der Waals surface area contributed by atoms with Crippen molar-refractivity contribution in [1.29, 1.82) is 0 Å². The Morgan fingerprint density at radius 3 is 2.28 bits per heavy atom. The quantitative estimate of drug-likeness (QED) is 0.522. The molecule has 0 aromatic heterocycles. The molecule has 0 aromatic rings. The van der Waals surface area contributed by atoms with Crippen LogP contribution in [-0.2, 0) is 23.7 Å². The number of nitrogens with one attached hydrogen (secondary N) is 2. The molecule has 0 spiro atoms. The van der Waals surface area contributed by atoms with Crippen LogP contribution in [0, 0.1) is 0 Å². The molecule has 0 amide bonds. The Morgan fingerprint density at radius 2 is 1.56 bits per heavy atom. The van der Waals surface area contributed by atoms with Crippen molar-refractivity contribution in [2.24, 2.45) is 0 Å². The van der Waals surface area contributed by atoms with Crippen molar-refractivity contribution in [2.75, 3.05) is 20.7 Å². The van der Waals surface area contributed by atoms with Gasteiger partial charge < -0.3 is 28.8 Å². The molecule has 8 nitrogen and oxygen atoms in total. The van der Waals surface area contributed by atoms with Crippen LogP contribution in [0.2, 0.25) is 0 Å². The normalized spacial score (nSPS) is 51.8. The zero-order valence-corrected chi connectivity index (χ0v) is 10.2. The van der Waals surface area contributed by atoms with Gasteiger partial charge in [-0.15, -0.1) is 0 Å². The lowest BCUT2D eigenvalue weighted by Gasteiger charge is -2.44. The molecule has 0 bridgehead atoms. The highest BCUT2D eigenvalue weighted by Crippen LogP contribution is 2.34. The van der Waals surface area contributed by atoms with Crippen molar-refractivity contribution in [3.8, 4) is 0 Å². The molecule has 18 heavy (non-hydrogen) atoms. The molecule has 7 atom stereocenters. The zero-order chi connectivity index (χ0) is 12.7. The molecule has 3 aliphatic heterocycles. The maximum Gasteiger partial charge on any atom is 0.216 e. The van der Waals surface area contributed by atoms with E-state index in [0.717, 1.165) is 0 Å². The van der Waals surface area contributed by atoms with E-state index in [1.807, 2.05) is 0 Å². The molecule has 3 heterocycles. The molecule has 3 rings (SSSR count). The van der Waals surface area contributed by atoms with E-state index in [1.54, 1.807) is 14.1 Å². The van der Waals surface area contributed by atoms with Gasteiger partial charge in [-0.25, -0.2) is 0 Å². The molecule has 0 aromatic carbocycles. The van der Waals surface area contributed by atoms with E-state index in [1.165, 1.54) is 0 Å². The lowest BCUT2D eigenvalue weighted by atomic mass is 9.99. The van der Waals surface area contributed by atoms with E-state index in [0.29, 0.717) is 6.61 Å². The van der Waals surface area contributed by atoms with Gasteiger partial charge in [0.05, 0.1) is 6.61 Å². The van der Waals surface area contributed by atoms with Gasteiger partial charge in [-0.05, 0) is 14.1 Å². The predicted molar refractivity (Wildman–Crippen MR) is 57.1 cm³/mol. The number of aliphatic hydroxyl groups excluding tert-OH is 1. The summed E-state index contributed by atoms with van der Waals surface area (Å²) in [5.74, 6) is 0. The van der Waals surface area contributed by atoms with Gasteiger partial charge in [-0.2, -0.15) is 0 Å². The Morgan fingerprint density at radius 1 is 0.889 bits per heavy atom. The van der Waals surface area contributed by atoms with Gasteiger partial charge in [0.2, 0.25) is 12.8 Å². The summed E-state index contributed by atoms with van der Waals surface area (Å²) < 4.78 is 27.7. The van der Waals surface area contributed by atoms with Crippen LogP contribution >= 0.6 is 0 Å². The molecule has 0 saturated carbocycles. The molecule has 104 valence electrons. The molecule has 0 aliphatic carbocycles. The number of ether oxygens (including phenoxy) is 5. The minimum atomic E-state index is -1.03. The van der Waals surface area contributed by atoms with Crippen LogP contribution in [0.5, 0.6) is 0 Å². The second-order valence-corrected chi connectivity index (χ2v) is 4.44. The van der Waals surface area contributed by atoms with Gasteiger partial charge in [0.15, 0.2) is 6.29 Å². The van der Waals surface area contributed by atoms with Crippen LogP contribution in [-0.4, -0.2) is 69.3 Å². The predicted octanol–water partition coefficient (Wildman–Crippen LogP) is -2.09. The number of fused-ring (bicyclic) bond motifs is 3. The summed E-state index contributed by atoms with van der Waals surface area (Å²) in [6.45, 7) is 0.337. The summed E-state index contributed by atoms with van der Waals surface area (Å²) in [4.78, 5) is 0. The largest absolute Gasteiger partial charge is 0.366 e. The zero-order valence-electron chi connectivity index (χ0n) is 10.2. The van der Waals surface area contributed by atoms with Gasteiger partial charge in [-0.1, -0.05) is 0 Å². The van der Waals surface area contributed by atoms with Crippen molar-refractivity contribution in [3.63, 3.8) is 0 Å². The summed E-state index contributed by atoms with van der Waals surface area (Å²) in [5.41, 5.74) is 0. The first-order chi connectivity index (χ1) is 8.72. The van der Waals surface area contributed by atoms with E-state index in [-0.39, 0.29) is 18.3 Å². The molecule has 3 fully saturated rings. The third-order valence-corrected chi connectivity index (χ3v) is 3.33. The van der Waals surface area contributed by atoms with E-state index >= 15 is 0 Å². The van der Waals surface area contributed by atoms with E-state index < -0.39 is 25.2 Å². The third kappa shape index (κ3) is 2.04. The van der Waals surface area contributed by atoms with Crippen molar-refractivity contribution >= 4 is 0 Å². The fourth-order valence-electron chi connectivity index (χ4n) is 2.46. The molecule has 3 saturated heterocycles. The summed E-state index contributed by atoms with van der Waals surface area (Å²) in [7, 11) is 3.46. The first-order valence-corrected chi connectivity index (χ1v) is 5.99. The highest BCUT2D eigenvalue weighted by atomic mass is 16.8. The maximum atomic E-state index is 9.87. The van der Waals surface area contributed by atoms with Crippen LogP contribution < -0.4 is 10.6 Å². The highest BCUT2D eigenvalue weighted by molar-refractivity contribution is 4.96. The number of rotatable bonds is 2. The first kappa shape index (κ1) is 12.7. The fraction of sp³-hybridized carbons (Fsp3) is 1.00. The SMILES string of the molecule is CNC1OCC2OC(O)C3OC(NC)OC3C2O1. The van der Waals surface area contributed by atoms with Crippen LogP contribution in [0.25, 0.3) is 0 Å². The van der Waals surface area contributed by atoms with Crippen LogP contribution in [0.3, 0.4) is 0 Å². The second-order valence-electron chi connectivity index (χ2n) is 4.44. The van der Waals surface area contributed by atoms with Crippen LogP contribution in [0.1, 0.15) is 0 Å². The third-order valence-electron chi connectivity index (χ3n) is 3.33. The number of hydrogen-bond acceptors (Lipinski definition) is 8. The summed E-state index contributed by atoms with van der Waals surface area (Å²) >= 11 is 0. The topological polar surface area (TPSA) is 90.4 Å². The van der Waals surface area contributed by atoms with Crippen LogP contribution in [0.4, 0.5) is 0 Å². The molecule has 3 aliphatic rings. The molecule has 7 unspecified atom stereocenters. The Labute approximate surface area is 104 Å². The van der Waals surface area contributed by atoms with E-state index in [2.05, 4.69) is 10.6 Å². The molecular weight excluding hydrogens is 244 g/mol. The van der Waals surface area contributed by atoms with Gasteiger partial charge in [0, 0.05) is 0 Å². The van der Waals surface area contributed by atoms with E-state index in [9.17, 15) is 5.11 Å². The lowest BCUT2D eigenvalue weighted by Crippen LogP contribution is -2.63. The Balaban J connectivity index is 1.75. The lowest BCUT2D eigenvalue weighted by molar-refractivity contribution is -0.341. The van der Waals surface area contributed by atoms with Gasteiger partial charge >= 0.3 is 0 Å². The maximum absolute atomic E-state index is 9.87. The standard InChI is InChI=1S/C10H18N2O6/c1-11-9-14-3-4-5(16-9)6-7(8(13)15-4)18-10(12-2)17-6/h4-13H,3H2,1-2H3. The van der Waals surface area contributed by atoms with Gasteiger partial charge in [0.25, 0.3) is 0 Å². The summed E-state index contributed by atoms with van der Waals surface area (Å²) in [6.07, 6.45) is -3.71. The van der Waals surface area contributed by atoms with Gasteiger partial charge in [0.1, 0.15) is 24.4 Å². The Bertz CT molecular complexity index is 306. The number of hydrogen-bond donors (Lipinski definition) is 3. The summed E-state index contributed by atoms with van der Waals surface area (Å²) in [5, 5.41) is 15.6. The minimum absolute atomic E-state index is 0.331. The molecular formula is C10H18N2O6. The molecule has 3 N–H and O–H groups in total. The Hall–Kier alpha value is -0.320. The Kier molecular flexibility index (Phi) is 3.52. The fourth-order valence-corrected chi connectivity index (χ4v) is 2.46. The first-order valence-electron chi connectivity index (χ1n) is 5.99.